The predicted molar refractivity (Wildman–Crippen MR) is 26.5 cm³/mol. The van der Waals surface area contributed by atoms with Gasteiger partial charge in [-0.3, -0.25) is 0 Å². The van der Waals surface area contributed by atoms with Crippen LogP contribution in [-0.2, 0) is 0 Å². The first-order valence-corrected chi connectivity index (χ1v) is 0. The summed E-state index contributed by atoms with van der Waals surface area (Å²) in [5.41, 5.74) is 0. The fourth-order valence-electron chi connectivity index (χ4n) is 0. The van der Waals surface area contributed by atoms with Crippen LogP contribution in [0.3, 0.4) is 0 Å². The maximum atomic E-state index is 0. The zero-order valence-electron chi connectivity index (χ0n) is 1.21. The maximum absolute atomic E-state index is 0. The SMILES string of the molecule is O.[LiH].[LiH].[PbH2]. The monoisotopic (exact) mass is 244 g/mol. The van der Waals surface area contributed by atoms with Gasteiger partial charge in [0.25, 0.3) is 0 Å². The Labute approximate surface area is 69.7 Å². The van der Waals surface area contributed by atoms with Crippen LogP contribution in [0.2, 0.25) is 0 Å². The van der Waals surface area contributed by atoms with Crippen molar-refractivity contribution in [2.24, 2.45) is 0 Å². The van der Waals surface area contributed by atoms with Crippen molar-refractivity contribution >= 4 is 65.0 Å². The normalized spacial score (nSPS) is 0. The molecule has 0 fully saturated rings. The van der Waals surface area contributed by atoms with Crippen LogP contribution < -0.4 is 0 Å². The summed E-state index contributed by atoms with van der Waals surface area (Å²) in [5, 5.41) is 0. The van der Waals surface area contributed by atoms with E-state index < -0.39 is 0 Å². The zero-order chi connectivity index (χ0) is 0. The molecule has 4 heavy (non-hydrogen) atoms. The molecule has 4 heteroatoms. The molecular weight excluding hydrogens is 237 g/mol. The van der Waals surface area contributed by atoms with Crippen molar-refractivity contribution in [1.29, 1.82) is 0 Å². The Kier molecular flexibility index (Phi) is 178. The molecule has 0 aliphatic rings. The molecule has 2 radical (unpaired) electrons. The van der Waals surface area contributed by atoms with Crippen molar-refractivity contribution in [3.8, 4) is 0 Å². The molecule has 0 rings (SSSR count). The summed E-state index contributed by atoms with van der Waals surface area (Å²) in [4.78, 5) is 0. The summed E-state index contributed by atoms with van der Waals surface area (Å²) in [6, 6.07) is 0. The van der Waals surface area contributed by atoms with E-state index in [1.807, 2.05) is 0 Å². The molecule has 0 aromatic rings. The number of rotatable bonds is 0. The molecule has 0 unspecified atom stereocenters. The molecule has 0 amide bonds. The van der Waals surface area contributed by atoms with E-state index in [4.69, 9.17) is 0 Å². The molecule has 0 aromatic heterocycles. The van der Waals surface area contributed by atoms with E-state index in [2.05, 4.69) is 0 Å². The van der Waals surface area contributed by atoms with E-state index >= 15 is 0 Å². The second-order valence-corrected chi connectivity index (χ2v) is 0. The average Bonchev–Trinajstić information content (AvgIpc) is 0. The van der Waals surface area contributed by atoms with Crippen LogP contribution in [0.5, 0.6) is 0 Å². The van der Waals surface area contributed by atoms with Gasteiger partial charge in [-0.1, -0.05) is 0 Å². The molecule has 18 valence electrons. The Morgan fingerprint density at radius 3 is 0.750 bits per heavy atom. The van der Waals surface area contributed by atoms with Crippen LogP contribution in [0.25, 0.3) is 0 Å². The average molecular weight is 243 g/mol. The van der Waals surface area contributed by atoms with Gasteiger partial charge in [0.1, 0.15) is 0 Å². The molecule has 2 N–H and O–H groups in total. The van der Waals surface area contributed by atoms with E-state index in [1.54, 1.807) is 0 Å². The molecule has 0 aliphatic heterocycles. The topological polar surface area (TPSA) is 31.5 Å². The van der Waals surface area contributed by atoms with Crippen LogP contribution in [0, 0.1) is 0 Å². The second-order valence-electron chi connectivity index (χ2n) is 0. The van der Waals surface area contributed by atoms with E-state index in [9.17, 15) is 0 Å². The van der Waals surface area contributed by atoms with Crippen molar-refractivity contribution in [3.05, 3.63) is 0 Å². The van der Waals surface area contributed by atoms with Gasteiger partial charge in [0.05, 0.1) is 0 Å². The molecule has 0 atom stereocenters. The zero-order valence-corrected chi connectivity index (χ0v) is 6.70. The van der Waals surface area contributed by atoms with E-state index in [1.165, 1.54) is 0 Å². The Bertz CT molecular complexity index is 6.00. The van der Waals surface area contributed by atoms with E-state index in [0.29, 0.717) is 0 Å². The third-order valence-corrected chi connectivity index (χ3v) is 0. The Balaban J connectivity index is 0. The van der Waals surface area contributed by atoms with Crippen molar-refractivity contribution < 1.29 is 5.48 Å². The van der Waals surface area contributed by atoms with Crippen LogP contribution in [0.15, 0.2) is 0 Å². The van der Waals surface area contributed by atoms with Gasteiger partial charge in [0.15, 0.2) is 0 Å². The summed E-state index contributed by atoms with van der Waals surface area (Å²) in [6.07, 6.45) is 0. The molecule has 0 spiro atoms. The summed E-state index contributed by atoms with van der Waals surface area (Å²) in [5.74, 6) is 0. The van der Waals surface area contributed by atoms with Crippen molar-refractivity contribution in [2.75, 3.05) is 0 Å². The first kappa shape index (κ1) is 36.3. The molecule has 0 saturated heterocycles. The predicted octanol–water partition coefficient (Wildman–Crippen LogP) is -3.04. The van der Waals surface area contributed by atoms with Gasteiger partial charge in [0.2, 0.25) is 0 Å². The first-order chi connectivity index (χ1) is 0. The Hall–Kier alpha value is 2.08. The fraction of sp³-hybridized carbons (Fsp3) is 0. The molecular formula is H6Li2OPb. The first-order valence-electron chi connectivity index (χ1n) is 0. The number of hydrogen-bond donors (Lipinski definition) is 0. The van der Waals surface area contributed by atoms with Crippen LogP contribution >= 0.6 is 0 Å². The van der Waals surface area contributed by atoms with E-state index in [-0.39, 0.29) is 70.5 Å². The van der Waals surface area contributed by atoms with Gasteiger partial charge < -0.3 is 5.48 Å². The summed E-state index contributed by atoms with van der Waals surface area (Å²) >= 11 is 0. The van der Waals surface area contributed by atoms with E-state index in [0.717, 1.165) is 0 Å². The molecule has 0 aromatic carbocycles. The third kappa shape index (κ3) is 8.95. The van der Waals surface area contributed by atoms with Crippen LogP contribution in [0.4, 0.5) is 0 Å². The molecule has 0 heterocycles. The van der Waals surface area contributed by atoms with Gasteiger partial charge in [-0.25, -0.2) is 0 Å². The molecule has 1 nitrogen and oxygen atoms in total. The Morgan fingerprint density at radius 2 is 0.750 bits per heavy atom. The standard InChI is InChI=1S/2Li.H2O.Pb.4H/h;;1H2;;;;;. The van der Waals surface area contributed by atoms with Gasteiger partial charge in [-0.05, 0) is 0 Å². The third-order valence-electron chi connectivity index (χ3n) is 0. The summed E-state index contributed by atoms with van der Waals surface area (Å²) < 4.78 is 0. The number of hydrogen-bond acceptors (Lipinski definition) is 0. The van der Waals surface area contributed by atoms with Gasteiger partial charge >= 0.3 is 65.0 Å². The van der Waals surface area contributed by atoms with Crippen LogP contribution in [0.1, 0.15) is 0 Å². The minimum atomic E-state index is 0. The Morgan fingerprint density at radius 1 is 0.750 bits per heavy atom. The molecule has 0 saturated carbocycles. The molecule has 0 aliphatic carbocycles. The fourth-order valence-corrected chi connectivity index (χ4v) is 0. The van der Waals surface area contributed by atoms with Crippen molar-refractivity contribution in [2.45, 2.75) is 0 Å². The quantitative estimate of drug-likeness (QED) is 0.405. The van der Waals surface area contributed by atoms with Crippen molar-refractivity contribution in [3.63, 3.8) is 0 Å². The summed E-state index contributed by atoms with van der Waals surface area (Å²) in [6.45, 7) is 0. The van der Waals surface area contributed by atoms with Crippen molar-refractivity contribution in [1.82, 2.24) is 0 Å². The summed E-state index contributed by atoms with van der Waals surface area (Å²) in [7, 11) is 0. The van der Waals surface area contributed by atoms with Gasteiger partial charge in [-0.15, -0.1) is 0 Å². The minimum absolute atomic E-state index is 0. The van der Waals surface area contributed by atoms with Gasteiger partial charge in [0, 0.05) is 0 Å². The molecule has 0 bridgehead atoms. The van der Waals surface area contributed by atoms with Gasteiger partial charge in [-0.2, -0.15) is 0 Å². The van der Waals surface area contributed by atoms with Crippen LogP contribution in [-0.4, -0.2) is 70.5 Å². The second kappa shape index (κ2) is 19.6.